The highest BCUT2D eigenvalue weighted by atomic mass is 79.9. The van der Waals surface area contributed by atoms with Gasteiger partial charge >= 0.3 is 0 Å². The van der Waals surface area contributed by atoms with Gasteiger partial charge in [0.1, 0.15) is 52.8 Å². The molecule has 0 atom stereocenters. The first-order valence-electron chi connectivity index (χ1n) is 6.66. The van der Waals surface area contributed by atoms with E-state index >= 15 is 0 Å². The molecule has 0 aromatic heterocycles. The molecule has 0 radical (unpaired) electrons. The van der Waals surface area contributed by atoms with Gasteiger partial charge < -0.3 is 9.64 Å². The van der Waals surface area contributed by atoms with E-state index in [4.69, 9.17) is 4.74 Å². The zero-order valence-corrected chi connectivity index (χ0v) is 15.0. The number of ether oxygens (including phenoxy) is 1. The zero-order valence-electron chi connectivity index (χ0n) is 13.4. The number of hydrogen-bond donors (Lipinski definition) is 0. The van der Waals surface area contributed by atoms with E-state index in [9.17, 15) is 4.79 Å². The number of benzene rings is 1. The summed E-state index contributed by atoms with van der Waals surface area (Å²) in [6.07, 6.45) is 0. The van der Waals surface area contributed by atoms with E-state index < -0.39 is 0 Å². The summed E-state index contributed by atoms with van der Waals surface area (Å²) < 4.78 is 6.00. The summed E-state index contributed by atoms with van der Waals surface area (Å²) in [5.74, 6) is 0.676. The van der Waals surface area contributed by atoms with Crippen molar-refractivity contribution < 1.29 is 9.53 Å². The normalized spacial score (nSPS) is 11.9. The number of rotatable bonds is 4. The molecular formula is C10H18B6BrNO2. The fourth-order valence-corrected chi connectivity index (χ4v) is 2.95. The quantitative estimate of drug-likeness (QED) is 0.526. The maximum atomic E-state index is 13.0. The van der Waals surface area contributed by atoms with Gasteiger partial charge in [-0.15, -0.1) is 0 Å². The number of amides is 1. The van der Waals surface area contributed by atoms with E-state index in [1.807, 2.05) is 64.1 Å². The first kappa shape index (κ1) is 17.4. The van der Waals surface area contributed by atoms with Crippen molar-refractivity contribution in [3.63, 3.8) is 0 Å². The first-order chi connectivity index (χ1) is 8.98. The third-order valence-corrected chi connectivity index (χ3v) is 3.64. The Bertz CT molecular complexity index is 499. The lowest BCUT2D eigenvalue weighted by molar-refractivity contribution is 0.0742. The first-order valence-corrected chi connectivity index (χ1v) is 7.46. The Hall–Kier alpha value is -0.640. The summed E-state index contributed by atoms with van der Waals surface area (Å²) in [5.41, 5.74) is 0.620. The predicted octanol–water partition coefficient (Wildman–Crippen LogP) is -4.08. The van der Waals surface area contributed by atoms with Crippen molar-refractivity contribution in [1.82, 2.24) is 4.90 Å². The SMILES string of the molecule is BC(B)(B)N(C(=O)c1cc(OC)ccc1Br)C(B)(B)B. The molecule has 3 nitrogen and oxygen atoms in total. The van der Waals surface area contributed by atoms with E-state index in [2.05, 4.69) is 15.9 Å². The van der Waals surface area contributed by atoms with Gasteiger partial charge in [0.25, 0.3) is 5.91 Å². The minimum atomic E-state index is -0.266. The van der Waals surface area contributed by atoms with Crippen molar-refractivity contribution in [2.75, 3.05) is 7.11 Å². The molecule has 1 rings (SSSR count). The Morgan fingerprint density at radius 3 is 2.05 bits per heavy atom. The van der Waals surface area contributed by atoms with Crippen molar-refractivity contribution in [1.29, 1.82) is 0 Å². The molecule has 10 heteroatoms. The third-order valence-electron chi connectivity index (χ3n) is 2.95. The zero-order chi connectivity index (χ0) is 15.7. The summed E-state index contributed by atoms with van der Waals surface area (Å²) in [5, 5.41) is -0.532. The van der Waals surface area contributed by atoms with Crippen LogP contribution in [0.3, 0.4) is 0 Å². The lowest BCUT2D eigenvalue weighted by Gasteiger charge is -2.47. The van der Waals surface area contributed by atoms with Crippen LogP contribution in [0.5, 0.6) is 5.75 Å². The molecule has 0 saturated heterocycles. The van der Waals surface area contributed by atoms with Gasteiger partial charge in [0.15, 0.2) is 0 Å². The molecule has 1 amide bonds. The smallest absolute Gasteiger partial charge is 0.252 e. The predicted molar refractivity (Wildman–Crippen MR) is 104 cm³/mol. The lowest BCUT2D eigenvalue weighted by Crippen LogP contribution is -2.65. The Kier molecular flexibility index (Phi) is 5.23. The highest BCUT2D eigenvalue weighted by Crippen LogP contribution is 2.26. The summed E-state index contributed by atoms with van der Waals surface area (Å²) in [6.45, 7) is 0. The molecule has 1 aromatic carbocycles. The van der Waals surface area contributed by atoms with Crippen LogP contribution < -0.4 is 4.74 Å². The van der Waals surface area contributed by atoms with Gasteiger partial charge in [-0.1, -0.05) is 0 Å². The molecule has 0 unspecified atom stereocenters. The number of methoxy groups -OCH3 is 1. The van der Waals surface area contributed by atoms with E-state index in [1.54, 1.807) is 13.2 Å². The van der Waals surface area contributed by atoms with Crippen LogP contribution in [0, 0.1) is 0 Å². The summed E-state index contributed by atoms with van der Waals surface area (Å²) in [7, 11) is 13.9. The monoisotopic (exact) mass is 329 g/mol. The van der Waals surface area contributed by atoms with E-state index in [-0.39, 0.29) is 16.4 Å². The van der Waals surface area contributed by atoms with Crippen LogP contribution in [-0.4, -0.2) is 75.5 Å². The molecule has 0 N–H and O–H groups in total. The molecule has 0 aliphatic heterocycles. The van der Waals surface area contributed by atoms with Gasteiger partial charge in [-0.05, 0) is 44.6 Å². The maximum absolute atomic E-state index is 13.0. The lowest BCUT2D eigenvalue weighted by atomic mass is 9.40. The average molecular weight is 329 g/mol. The molecule has 0 bridgehead atoms. The van der Waals surface area contributed by atoms with Crippen LogP contribution >= 0.6 is 15.9 Å². The van der Waals surface area contributed by atoms with Crippen LogP contribution in [0.1, 0.15) is 10.4 Å². The Labute approximate surface area is 135 Å². The van der Waals surface area contributed by atoms with Crippen LogP contribution in [-0.2, 0) is 0 Å². The molecular weight excluding hydrogens is 311 g/mol. The number of hydrogen-bond acceptors (Lipinski definition) is 2. The van der Waals surface area contributed by atoms with Gasteiger partial charge in [-0.2, -0.15) is 0 Å². The van der Waals surface area contributed by atoms with Crippen molar-refractivity contribution in [3.8, 4) is 5.75 Å². The standard InChI is InChI=1S/C10H18B6BrNO2/c1-20-5-2-3-7(17)6(4-5)8(19)18(9(11,12)13)10(14,15)16/h2-4H,11-16H2,1H3. The molecule has 0 spiro atoms. The molecule has 20 heavy (non-hydrogen) atoms. The highest BCUT2D eigenvalue weighted by Gasteiger charge is 2.36. The van der Waals surface area contributed by atoms with Crippen molar-refractivity contribution >= 4 is 68.9 Å². The number of nitrogens with zero attached hydrogens (tertiary/aromatic N) is 1. The second-order valence-electron chi connectivity index (χ2n) is 6.83. The van der Waals surface area contributed by atoms with Crippen LogP contribution in [0.15, 0.2) is 22.7 Å². The minimum absolute atomic E-state index is 0.00391. The van der Waals surface area contributed by atoms with Gasteiger partial charge in [-0.3, -0.25) is 4.79 Å². The van der Waals surface area contributed by atoms with Crippen LogP contribution in [0.2, 0.25) is 0 Å². The highest BCUT2D eigenvalue weighted by molar-refractivity contribution is 9.10. The van der Waals surface area contributed by atoms with Crippen molar-refractivity contribution in [3.05, 3.63) is 28.2 Å². The fourth-order valence-electron chi connectivity index (χ4n) is 2.53. The number of halogens is 1. The summed E-state index contributed by atoms with van der Waals surface area (Å²) in [6, 6.07) is 5.45. The van der Waals surface area contributed by atoms with Gasteiger partial charge in [-0.25, -0.2) is 0 Å². The number of carbonyl (C=O) groups excluding carboxylic acids is 1. The molecule has 100 valence electrons. The number of carbonyl (C=O) groups is 1. The van der Waals surface area contributed by atoms with Crippen LogP contribution in [0.25, 0.3) is 0 Å². The minimum Gasteiger partial charge on any atom is -0.497 e. The molecule has 0 fully saturated rings. The molecule has 0 aliphatic rings. The Balaban J connectivity index is 3.34. The second-order valence-corrected chi connectivity index (χ2v) is 7.68. The van der Waals surface area contributed by atoms with Gasteiger partial charge in [0.2, 0.25) is 0 Å². The molecule has 0 saturated carbocycles. The Morgan fingerprint density at radius 1 is 1.15 bits per heavy atom. The largest absolute Gasteiger partial charge is 0.497 e. The van der Waals surface area contributed by atoms with Crippen molar-refractivity contribution in [2.45, 2.75) is 10.5 Å². The summed E-state index contributed by atoms with van der Waals surface area (Å²) in [4.78, 5) is 14.9. The molecule has 0 heterocycles. The average Bonchev–Trinajstić information content (AvgIpc) is 2.25. The van der Waals surface area contributed by atoms with Gasteiger partial charge in [0.05, 0.1) is 12.7 Å². The molecule has 1 aromatic rings. The second kappa shape index (κ2) is 6.00. The molecule has 0 aliphatic carbocycles. The van der Waals surface area contributed by atoms with E-state index in [0.29, 0.717) is 11.3 Å². The van der Waals surface area contributed by atoms with E-state index in [0.717, 1.165) is 4.47 Å². The summed E-state index contributed by atoms with van der Waals surface area (Å²) >= 11 is 3.46. The fraction of sp³-hybridized carbons (Fsp3) is 0.300. The van der Waals surface area contributed by atoms with Gasteiger partial charge in [0, 0.05) is 4.47 Å². The maximum Gasteiger partial charge on any atom is 0.252 e. The van der Waals surface area contributed by atoms with Crippen LogP contribution in [0.4, 0.5) is 0 Å². The topological polar surface area (TPSA) is 29.5 Å². The Morgan fingerprint density at radius 2 is 1.65 bits per heavy atom. The van der Waals surface area contributed by atoms with Crippen molar-refractivity contribution in [2.24, 2.45) is 0 Å². The van der Waals surface area contributed by atoms with E-state index in [1.165, 1.54) is 0 Å². The third kappa shape index (κ3) is 3.94.